The van der Waals surface area contributed by atoms with Crippen LogP contribution in [-0.2, 0) is 14.8 Å². The molecular weight excluding hydrogens is 385 g/mol. The van der Waals surface area contributed by atoms with Crippen molar-refractivity contribution in [3.8, 4) is 0 Å². The molecule has 0 radical (unpaired) electrons. The minimum Gasteiger partial charge on any atom is -0.465 e. The quantitative estimate of drug-likeness (QED) is 0.740. The highest BCUT2D eigenvalue weighted by molar-refractivity contribution is 7.89. The number of carbonyl (C=O) groups is 1. The highest BCUT2D eigenvalue weighted by Gasteiger charge is 2.38. The summed E-state index contributed by atoms with van der Waals surface area (Å²) < 4.78 is 45.9. The molecule has 2 fully saturated rings. The number of hydrogen-bond acceptors (Lipinski definition) is 6. The fourth-order valence-corrected chi connectivity index (χ4v) is 5.11. The van der Waals surface area contributed by atoms with E-state index in [1.807, 2.05) is 0 Å². The lowest BCUT2D eigenvalue weighted by atomic mass is 10.2. The number of sulfonamides is 1. The summed E-state index contributed by atoms with van der Waals surface area (Å²) in [5, 5.41) is 3.27. The predicted molar refractivity (Wildman–Crippen MR) is 96.6 cm³/mol. The van der Waals surface area contributed by atoms with Gasteiger partial charge in [0.05, 0.1) is 12.0 Å². The van der Waals surface area contributed by atoms with Gasteiger partial charge in [0.25, 0.3) is 0 Å². The molecule has 0 aromatic heterocycles. The second-order valence-corrected chi connectivity index (χ2v) is 8.10. The maximum absolute atomic E-state index is 14.1. The van der Waals surface area contributed by atoms with Crippen LogP contribution in [0.3, 0.4) is 0 Å². The van der Waals surface area contributed by atoms with E-state index >= 15 is 0 Å². The SMILES string of the molecule is COC(=O)c1c(F)cccc1S(=O)(=O)N1CCC(N2CCNCC2)C1.Cl. The maximum Gasteiger partial charge on any atom is 0.342 e. The smallest absolute Gasteiger partial charge is 0.342 e. The molecule has 3 rings (SSSR count). The standard InChI is InChI=1S/C16H22FN3O4S.ClH/c1-24-16(21)15-13(17)3-2-4-14(15)25(22,23)20-8-5-12(11-20)19-9-6-18-7-10-19;/h2-4,12,18H,5-11H2,1H3;1H. The van der Waals surface area contributed by atoms with Gasteiger partial charge >= 0.3 is 5.97 Å². The molecule has 1 unspecified atom stereocenters. The van der Waals surface area contributed by atoms with Gasteiger partial charge in [-0.1, -0.05) is 6.07 Å². The average Bonchev–Trinajstić information content (AvgIpc) is 3.12. The molecule has 2 heterocycles. The Kier molecular flexibility index (Phi) is 6.98. The molecule has 2 aliphatic rings. The first kappa shape index (κ1) is 21.0. The first-order valence-corrected chi connectivity index (χ1v) is 9.71. The molecular formula is C16H23ClFN3O4S. The van der Waals surface area contributed by atoms with Gasteiger partial charge in [-0.05, 0) is 18.6 Å². The Labute approximate surface area is 158 Å². The van der Waals surface area contributed by atoms with E-state index in [0.29, 0.717) is 13.1 Å². The van der Waals surface area contributed by atoms with Crippen LogP contribution in [0.25, 0.3) is 0 Å². The fraction of sp³-hybridized carbons (Fsp3) is 0.562. The van der Waals surface area contributed by atoms with Crippen LogP contribution in [0.2, 0.25) is 0 Å². The van der Waals surface area contributed by atoms with Gasteiger partial charge in [-0.25, -0.2) is 17.6 Å². The molecule has 146 valence electrons. The van der Waals surface area contributed by atoms with Crippen LogP contribution in [0.15, 0.2) is 23.1 Å². The minimum absolute atomic E-state index is 0. The van der Waals surface area contributed by atoms with Gasteiger partial charge in [0.1, 0.15) is 11.4 Å². The molecule has 26 heavy (non-hydrogen) atoms. The van der Waals surface area contributed by atoms with Gasteiger partial charge in [0, 0.05) is 45.3 Å². The van der Waals surface area contributed by atoms with E-state index in [1.54, 1.807) is 0 Å². The first-order chi connectivity index (χ1) is 11.9. The van der Waals surface area contributed by atoms with E-state index < -0.39 is 27.4 Å². The summed E-state index contributed by atoms with van der Waals surface area (Å²) in [5.74, 6) is -1.89. The number of nitrogens with one attached hydrogen (secondary N) is 1. The lowest BCUT2D eigenvalue weighted by Gasteiger charge is -2.32. The number of halogens is 2. The van der Waals surface area contributed by atoms with Gasteiger partial charge in [-0.2, -0.15) is 4.31 Å². The highest BCUT2D eigenvalue weighted by atomic mass is 35.5. The van der Waals surface area contributed by atoms with Gasteiger partial charge in [-0.3, -0.25) is 4.90 Å². The summed E-state index contributed by atoms with van der Waals surface area (Å²) in [7, 11) is -2.87. The van der Waals surface area contributed by atoms with Crippen LogP contribution < -0.4 is 5.32 Å². The Morgan fingerprint density at radius 2 is 1.96 bits per heavy atom. The minimum atomic E-state index is -3.97. The number of rotatable bonds is 4. The van der Waals surface area contributed by atoms with Crippen molar-refractivity contribution in [3.63, 3.8) is 0 Å². The molecule has 0 amide bonds. The van der Waals surface area contributed by atoms with Crippen molar-refractivity contribution in [3.05, 3.63) is 29.6 Å². The van der Waals surface area contributed by atoms with Crippen molar-refractivity contribution in [2.45, 2.75) is 17.4 Å². The summed E-state index contributed by atoms with van der Waals surface area (Å²) in [6, 6.07) is 3.74. The monoisotopic (exact) mass is 407 g/mol. The zero-order valence-electron chi connectivity index (χ0n) is 14.5. The molecule has 2 aliphatic heterocycles. The second kappa shape index (κ2) is 8.62. The average molecular weight is 408 g/mol. The maximum atomic E-state index is 14.1. The second-order valence-electron chi connectivity index (χ2n) is 6.20. The van der Waals surface area contributed by atoms with E-state index in [4.69, 9.17) is 0 Å². The van der Waals surface area contributed by atoms with Crippen molar-refractivity contribution in [2.75, 3.05) is 46.4 Å². The molecule has 0 aliphatic carbocycles. The van der Waals surface area contributed by atoms with Gasteiger partial charge in [0.2, 0.25) is 10.0 Å². The molecule has 1 aromatic carbocycles. The predicted octanol–water partition coefficient (Wildman–Crippen LogP) is 0.702. The molecule has 1 aromatic rings. The van der Waals surface area contributed by atoms with Gasteiger partial charge in [-0.15, -0.1) is 12.4 Å². The zero-order chi connectivity index (χ0) is 18.0. The van der Waals surface area contributed by atoms with Crippen LogP contribution in [0, 0.1) is 5.82 Å². The Hall–Kier alpha value is -1.26. The lowest BCUT2D eigenvalue weighted by molar-refractivity contribution is 0.0590. The van der Waals surface area contributed by atoms with Crippen LogP contribution in [0.5, 0.6) is 0 Å². The Balaban J connectivity index is 0.00000243. The number of hydrogen-bond donors (Lipinski definition) is 1. The summed E-state index contributed by atoms with van der Waals surface area (Å²) >= 11 is 0. The summed E-state index contributed by atoms with van der Waals surface area (Å²) in [6.07, 6.45) is 0.724. The fourth-order valence-electron chi connectivity index (χ4n) is 3.43. The number of carbonyl (C=O) groups excluding carboxylic acids is 1. The van der Waals surface area contributed by atoms with Gasteiger partial charge in [0.15, 0.2) is 0 Å². The van der Waals surface area contributed by atoms with Crippen LogP contribution in [-0.4, -0.2) is 76.0 Å². The molecule has 7 nitrogen and oxygen atoms in total. The third kappa shape index (κ3) is 4.01. The first-order valence-electron chi connectivity index (χ1n) is 8.27. The number of methoxy groups -OCH3 is 1. The van der Waals surface area contributed by atoms with Crippen LogP contribution in [0.4, 0.5) is 4.39 Å². The number of benzene rings is 1. The lowest BCUT2D eigenvalue weighted by Crippen LogP contribution is -2.49. The Bertz CT molecular complexity index is 756. The van der Waals surface area contributed by atoms with Crippen molar-refractivity contribution in [1.29, 1.82) is 0 Å². The van der Waals surface area contributed by atoms with Crippen molar-refractivity contribution < 1.29 is 22.3 Å². The topological polar surface area (TPSA) is 79.0 Å². The molecule has 0 saturated carbocycles. The molecule has 10 heteroatoms. The Morgan fingerprint density at radius 3 is 2.62 bits per heavy atom. The molecule has 2 saturated heterocycles. The van der Waals surface area contributed by atoms with Crippen molar-refractivity contribution in [1.82, 2.24) is 14.5 Å². The van der Waals surface area contributed by atoms with E-state index in [0.717, 1.165) is 45.8 Å². The normalized spacial score (nSPS) is 22.0. The van der Waals surface area contributed by atoms with E-state index in [2.05, 4.69) is 15.0 Å². The summed E-state index contributed by atoms with van der Waals surface area (Å²) in [4.78, 5) is 13.8. The molecule has 0 spiro atoms. The van der Waals surface area contributed by atoms with Crippen molar-refractivity contribution >= 4 is 28.4 Å². The zero-order valence-corrected chi connectivity index (χ0v) is 16.1. The van der Waals surface area contributed by atoms with Crippen LogP contribution in [0.1, 0.15) is 16.8 Å². The summed E-state index contributed by atoms with van der Waals surface area (Å²) in [6.45, 7) is 4.24. The molecule has 1 N–H and O–H groups in total. The largest absolute Gasteiger partial charge is 0.465 e. The van der Waals surface area contributed by atoms with Gasteiger partial charge < -0.3 is 10.1 Å². The highest BCUT2D eigenvalue weighted by Crippen LogP contribution is 2.27. The van der Waals surface area contributed by atoms with E-state index in [-0.39, 0.29) is 23.3 Å². The third-order valence-corrected chi connectivity index (χ3v) is 6.68. The number of esters is 1. The van der Waals surface area contributed by atoms with E-state index in [1.165, 1.54) is 16.4 Å². The number of piperazine rings is 1. The van der Waals surface area contributed by atoms with E-state index in [9.17, 15) is 17.6 Å². The number of nitrogens with zero attached hydrogens (tertiary/aromatic N) is 2. The third-order valence-electron chi connectivity index (χ3n) is 4.78. The molecule has 1 atom stereocenters. The Morgan fingerprint density at radius 1 is 1.27 bits per heavy atom. The van der Waals surface area contributed by atoms with Crippen molar-refractivity contribution in [2.24, 2.45) is 0 Å². The van der Waals surface area contributed by atoms with Crippen LogP contribution >= 0.6 is 12.4 Å². The summed E-state index contributed by atoms with van der Waals surface area (Å²) in [5.41, 5.74) is -0.532. The molecule has 0 bridgehead atoms. The number of ether oxygens (including phenoxy) is 1.